The fourth-order valence-corrected chi connectivity index (χ4v) is 2.33. The van der Waals surface area contributed by atoms with Gasteiger partial charge >= 0.3 is 5.97 Å². The van der Waals surface area contributed by atoms with E-state index in [0.717, 1.165) is 17.4 Å². The number of rotatable bonds is 9. The molecule has 2 aromatic carbocycles. The van der Waals surface area contributed by atoms with Crippen molar-refractivity contribution in [2.45, 2.75) is 6.42 Å². The summed E-state index contributed by atoms with van der Waals surface area (Å²) in [5.41, 5.74) is 1.18. The van der Waals surface area contributed by atoms with E-state index in [-0.39, 0.29) is 11.3 Å². The molecular weight excluding hydrogens is 364 g/mol. The molecule has 0 aliphatic rings. The van der Waals surface area contributed by atoms with E-state index < -0.39 is 23.4 Å². The third-order valence-corrected chi connectivity index (χ3v) is 3.77. The zero-order valence-corrected chi connectivity index (χ0v) is 15.3. The lowest BCUT2D eigenvalue weighted by Crippen LogP contribution is -2.30. The van der Waals surface area contributed by atoms with E-state index >= 15 is 0 Å². The summed E-state index contributed by atoms with van der Waals surface area (Å²) in [6.07, 6.45) is 2.95. The van der Waals surface area contributed by atoms with E-state index in [2.05, 4.69) is 5.32 Å². The number of ether oxygens (including phenoxy) is 2. The second-order valence-electron chi connectivity index (χ2n) is 5.70. The van der Waals surface area contributed by atoms with Crippen LogP contribution in [-0.4, -0.2) is 37.1 Å². The van der Waals surface area contributed by atoms with Crippen LogP contribution in [0.25, 0.3) is 6.08 Å². The highest BCUT2D eigenvalue weighted by atomic mass is 16.6. The van der Waals surface area contributed by atoms with E-state index in [0.29, 0.717) is 13.0 Å². The SMILES string of the molecule is COc1ccc(CCNC(=O)COC(=O)/C=C/c2ccccc2[N+](=O)[O-])cc1. The second-order valence-corrected chi connectivity index (χ2v) is 5.70. The Morgan fingerprint density at radius 2 is 1.86 bits per heavy atom. The quantitative estimate of drug-likeness (QED) is 0.308. The third kappa shape index (κ3) is 6.56. The topological polar surface area (TPSA) is 108 Å². The number of nitrogens with one attached hydrogen (secondary N) is 1. The summed E-state index contributed by atoms with van der Waals surface area (Å²) in [4.78, 5) is 33.8. The van der Waals surface area contributed by atoms with Gasteiger partial charge in [-0.2, -0.15) is 0 Å². The number of esters is 1. The summed E-state index contributed by atoms with van der Waals surface area (Å²) in [5.74, 6) is -0.432. The maximum atomic E-state index is 11.7. The van der Waals surface area contributed by atoms with Crippen LogP contribution in [0.2, 0.25) is 0 Å². The number of nitro benzene ring substituents is 1. The van der Waals surface area contributed by atoms with Crippen LogP contribution in [0.5, 0.6) is 5.75 Å². The van der Waals surface area contributed by atoms with Gasteiger partial charge in [0.1, 0.15) is 5.75 Å². The first kappa shape index (κ1) is 20.6. The first-order valence-corrected chi connectivity index (χ1v) is 8.47. The van der Waals surface area contributed by atoms with Gasteiger partial charge in [-0.25, -0.2) is 4.79 Å². The molecule has 0 aliphatic heterocycles. The van der Waals surface area contributed by atoms with E-state index in [1.807, 2.05) is 24.3 Å². The lowest BCUT2D eigenvalue weighted by atomic mass is 10.1. The van der Waals surface area contributed by atoms with Gasteiger partial charge in [0, 0.05) is 18.7 Å². The number of carbonyl (C=O) groups is 2. The van der Waals surface area contributed by atoms with Gasteiger partial charge in [0.2, 0.25) is 0 Å². The number of amides is 1. The minimum atomic E-state index is -0.761. The maximum Gasteiger partial charge on any atom is 0.331 e. The van der Waals surface area contributed by atoms with E-state index in [9.17, 15) is 19.7 Å². The van der Waals surface area contributed by atoms with Crippen LogP contribution in [0, 0.1) is 10.1 Å². The Morgan fingerprint density at radius 1 is 1.14 bits per heavy atom. The summed E-state index contributed by atoms with van der Waals surface area (Å²) in [6.45, 7) is -0.0303. The Bertz CT molecular complexity index is 861. The summed E-state index contributed by atoms with van der Waals surface area (Å²) in [6, 6.07) is 13.5. The van der Waals surface area contributed by atoms with Crippen LogP contribution in [0.4, 0.5) is 5.69 Å². The smallest absolute Gasteiger partial charge is 0.331 e. The molecule has 8 nitrogen and oxygen atoms in total. The largest absolute Gasteiger partial charge is 0.497 e. The third-order valence-electron chi connectivity index (χ3n) is 3.77. The van der Waals surface area contributed by atoms with Crippen LogP contribution in [0.15, 0.2) is 54.6 Å². The van der Waals surface area contributed by atoms with Crippen molar-refractivity contribution in [2.24, 2.45) is 0 Å². The molecule has 1 amide bonds. The Balaban J connectivity index is 1.73. The fraction of sp³-hybridized carbons (Fsp3) is 0.200. The van der Waals surface area contributed by atoms with Crippen LogP contribution in [0.3, 0.4) is 0 Å². The highest BCUT2D eigenvalue weighted by molar-refractivity contribution is 5.89. The predicted molar refractivity (Wildman–Crippen MR) is 103 cm³/mol. The first-order chi connectivity index (χ1) is 13.5. The van der Waals surface area contributed by atoms with Gasteiger partial charge in [0.15, 0.2) is 6.61 Å². The van der Waals surface area contributed by atoms with Crippen molar-refractivity contribution in [3.8, 4) is 5.75 Å². The van der Waals surface area contributed by atoms with Gasteiger partial charge in [-0.1, -0.05) is 24.3 Å². The normalized spacial score (nSPS) is 10.5. The van der Waals surface area contributed by atoms with Gasteiger partial charge in [-0.15, -0.1) is 0 Å². The monoisotopic (exact) mass is 384 g/mol. The highest BCUT2D eigenvalue weighted by Gasteiger charge is 2.10. The average molecular weight is 384 g/mol. The molecular formula is C20H20N2O6. The molecule has 0 radical (unpaired) electrons. The molecule has 28 heavy (non-hydrogen) atoms. The lowest BCUT2D eigenvalue weighted by Gasteiger charge is -2.06. The number of methoxy groups -OCH3 is 1. The molecule has 0 saturated heterocycles. The number of para-hydroxylation sites is 1. The van der Waals surface area contributed by atoms with Crippen LogP contribution in [0.1, 0.15) is 11.1 Å². The van der Waals surface area contributed by atoms with Crippen LogP contribution < -0.4 is 10.1 Å². The molecule has 0 fully saturated rings. The zero-order valence-electron chi connectivity index (χ0n) is 15.3. The molecule has 0 atom stereocenters. The number of nitrogens with zero attached hydrogens (tertiary/aromatic N) is 1. The molecule has 0 bridgehead atoms. The molecule has 8 heteroatoms. The zero-order chi connectivity index (χ0) is 20.4. The van der Waals surface area contributed by atoms with Gasteiger partial charge in [0.25, 0.3) is 11.6 Å². The van der Waals surface area contributed by atoms with Gasteiger partial charge in [0.05, 0.1) is 17.6 Å². The Hall–Kier alpha value is -3.68. The van der Waals surface area contributed by atoms with Gasteiger partial charge in [-0.3, -0.25) is 14.9 Å². The Morgan fingerprint density at radius 3 is 2.54 bits per heavy atom. The lowest BCUT2D eigenvalue weighted by molar-refractivity contribution is -0.385. The van der Waals surface area contributed by atoms with Crippen LogP contribution >= 0.6 is 0 Å². The minimum absolute atomic E-state index is 0.122. The van der Waals surface area contributed by atoms with E-state index in [4.69, 9.17) is 9.47 Å². The molecule has 0 unspecified atom stereocenters. The summed E-state index contributed by atoms with van der Waals surface area (Å²) < 4.78 is 9.91. The molecule has 0 spiro atoms. The van der Waals surface area contributed by atoms with Gasteiger partial charge in [-0.05, 0) is 36.3 Å². The molecule has 1 N–H and O–H groups in total. The van der Waals surface area contributed by atoms with Crippen molar-refractivity contribution in [3.05, 3.63) is 75.8 Å². The Labute approximate surface area is 161 Å². The fourth-order valence-electron chi connectivity index (χ4n) is 2.33. The average Bonchev–Trinajstić information content (AvgIpc) is 2.71. The number of hydrogen-bond donors (Lipinski definition) is 1. The molecule has 0 saturated carbocycles. The number of nitro groups is 1. The summed E-state index contributed by atoms with van der Waals surface area (Å²) >= 11 is 0. The van der Waals surface area contributed by atoms with Crippen molar-refractivity contribution >= 4 is 23.6 Å². The number of carbonyl (C=O) groups excluding carboxylic acids is 2. The van der Waals surface area contributed by atoms with Crippen LogP contribution in [-0.2, 0) is 20.7 Å². The van der Waals surface area contributed by atoms with Crippen molar-refractivity contribution in [1.82, 2.24) is 5.32 Å². The molecule has 0 heterocycles. The van der Waals surface area contributed by atoms with Crippen molar-refractivity contribution in [3.63, 3.8) is 0 Å². The van der Waals surface area contributed by atoms with Crippen molar-refractivity contribution in [1.29, 1.82) is 0 Å². The predicted octanol–water partition coefficient (Wildman–Crippen LogP) is 2.52. The van der Waals surface area contributed by atoms with E-state index in [1.54, 1.807) is 13.2 Å². The maximum absolute atomic E-state index is 11.7. The number of hydrogen-bond acceptors (Lipinski definition) is 6. The molecule has 146 valence electrons. The summed E-state index contributed by atoms with van der Waals surface area (Å²) in [5, 5.41) is 13.6. The highest BCUT2D eigenvalue weighted by Crippen LogP contribution is 2.18. The Kier molecular flexibility index (Phi) is 7.71. The van der Waals surface area contributed by atoms with Crippen molar-refractivity contribution in [2.75, 3.05) is 20.3 Å². The van der Waals surface area contributed by atoms with E-state index in [1.165, 1.54) is 24.3 Å². The van der Waals surface area contributed by atoms with Gasteiger partial charge < -0.3 is 14.8 Å². The summed E-state index contributed by atoms with van der Waals surface area (Å²) in [7, 11) is 1.59. The second kappa shape index (κ2) is 10.5. The molecule has 0 aliphatic carbocycles. The number of benzene rings is 2. The van der Waals surface area contributed by atoms with Crippen molar-refractivity contribution < 1.29 is 24.0 Å². The minimum Gasteiger partial charge on any atom is -0.497 e. The standard InChI is InChI=1S/C20H20N2O6/c1-27-17-9-6-15(7-10-17)12-13-21-19(23)14-28-20(24)11-8-16-4-2-3-5-18(16)22(25)26/h2-11H,12-14H2,1H3,(H,21,23)/b11-8+. The molecule has 2 rings (SSSR count). The first-order valence-electron chi connectivity index (χ1n) is 8.47. The molecule has 0 aromatic heterocycles. The molecule has 2 aromatic rings.